The van der Waals surface area contributed by atoms with Gasteiger partial charge >= 0.3 is 0 Å². The monoisotopic (exact) mass is 325 g/mol. The van der Waals surface area contributed by atoms with Gasteiger partial charge in [0.1, 0.15) is 11.3 Å². The third-order valence-corrected chi connectivity index (χ3v) is 4.04. The molecule has 1 heterocycles. The van der Waals surface area contributed by atoms with Gasteiger partial charge in [0, 0.05) is 10.9 Å². The van der Waals surface area contributed by atoms with E-state index in [2.05, 4.69) is 5.32 Å². The Kier molecular flexibility index (Phi) is 4.53. The fraction of sp³-hybridized carbons (Fsp3) is 0.211. The van der Waals surface area contributed by atoms with Crippen LogP contribution in [0.4, 0.5) is 0 Å². The number of furan rings is 1. The lowest BCUT2D eigenvalue weighted by Gasteiger charge is -2.16. The molecule has 2 N–H and O–H groups in total. The van der Waals surface area contributed by atoms with Crippen molar-refractivity contribution < 1.29 is 19.1 Å². The summed E-state index contributed by atoms with van der Waals surface area (Å²) in [6.45, 7) is 1.64. The van der Waals surface area contributed by atoms with E-state index >= 15 is 0 Å². The minimum Gasteiger partial charge on any atom is -0.497 e. The van der Waals surface area contributed by atoms with Gasteiger partial charge < -0.3 is 19.6 Å². The smallest absolute Gasteiger partial charge is 0.287 e. The number of aryl methyl sites for hydroxylation is 1. The predicted octanol–water partition coefficient (Wildman–Crippen LogP) is 3.21. The van der Waals surface area contributed by atoms with Crippen molar-refractivity contribution in [2.75, 3.05) is 13.7 Å². The number of amides is 1. The van der Waals surface area contributed by atoms with Crippen molar-refractivity contribution in [3.05, 3.63) is 65.4 Å². The summed E-state index contributed by atoms with van der Waals surface area (Å²) >= 11 is 0. The second kappa shape index (κ2) is 6.76. The highest BCUT2D eigenvalue weighted by Gasteiger charge is 2.21. The second-order valence-corrected chi connectivity index (χ2v) is 5.54. The molecule has 124 valence electrons. The Labute approximate surface area is 139 Å². The summed E-state index contributed by atoms with van der Waals surface area (Å²) in [4.78, 5) is 12.6. The standard InChI is InChI=1S/C19H19NO4/c1-12-15-10-14(23-2)8-9-17(15)24-18(12)19(22)20-16(11-21)13-6-4-3-5-7-13/h3-10,16,21H,11H2,1-2H3,(H,20,22). The molecule has 0 aliphatic heterocycles. The van der Waals surface area contributed by atoms with Crippen LogP contribution in [0, 0.1) is 6.92 Å². The number of aliphatic hydroxyl groups is 1. The molecule has 0 spiro atoms. The van der Waals surface area contributed by atoms with Gasteiger partial charge in [-0.25, -0.2) is 0 Å². The van der Waals surface area contributed by atoms with E-state index in [1.807, 2.05) is 43.3 Å². The molecule has 0 radical (unpaired) electrons. The van der Waals surface area contributed by atoms with Crippen LogP contribution in [-0.2, 0) is 0 Å². The van der Waals surface area contributed by atoms with E-state index in [0.717, 1.165) is 16.5 Å². The molecular weight excluding hydrogens is 306 g/mol. The lowest BCUT2D eigenvalue weighted by molar-refractivity contribution is 0.0889. The summed E-state index contributed by atoms with van der Waals surface area (Å²) in [6, 6.07) is 14.2. The summed E-state index contributed by atoms with van der Waals surface area (Å²) < 4.78 is 10.9. The first-order valence-corrected chi connectivity index (χ1v) is 7.68. The first-order valence-electron chi connectivity index (χ1n) is 7.68. The maximum Gasteiger partial charge on any atom is 0.287 e. The van der Waals surface area contributed by atoms with Gasteiger partial charge in [0.25, 0.3) is 5.91 Å². The van der Waals surface area contributed by atoms with Crippen molar-refractivity contribution >= 4 is 16.9 Å². The highest BCUT2D eigenvalue weighted by atomic mass is 16.5. The van der Waals surface area contributed by atoms with Gasteiger partial charge in [0.2, 0.25) is 0 Å². The maximum absolute atomic E-state index is 12.6. The predicted molar refractivity (Wildman–Crippen MR) is 91.2 cm³/mol. The van der Waals surface area contributed by atoms with Gasteiger partial charge in [0.05, 0.1) is 19.8 Å². The number of ether oxygens (including phenoxy) is 1. The van der Waals surface area contributed by atoms with E-state index in [0.29, 0.717) is 11.3 Å². The maximum atomic E-state index is 12.6. The van der Waals surface area contributed by atoms with E-state index < -0.39 is 6.04 Å². The Balaban J connectivity index is 1.89. The topological polar surface area (TPSA) is 71.7 Å². The minimum atomic E-state index is -0.485. The summed E-state index contributed by atoms with van der Waals surface area (Å²) in [5.74, 6) is 0.592. The number of hydrogen-bond donors (Lipinski definition) is 2. The molecule has 24 heavy (non-hydrogen) atoms. The summed E-state index contributed by atoms with van der Waals surface area (Å²) in [6.07, 6.45) is 0. The van der Waals surface area contributed by atoms with Crippen molar-refractivity contribution in [3.63, 3.8) is 0 Å². The summed E-state index contributed by atoms with van der Waals surface area (Å²) in [5.41, 5.74) is 2.20. The van der Waals surface area contributed by atoms with Crippen molar-refractivity contribution in [1.82, 2.24) is 5.32 Å². The lowest BCUT2D eigenvalue weighted by atomic mass is 10.1. The van der Waals surface area contributed by atoms with Gasteiger partial charge in [0.15, 0.2) is 5.76 Å². The van der Waals surface area contributed by atoms with Crippen LogP contribution < -0.4 is 10.1 Å². The van der Waals surface area contributed by atoms with Crippen LogP contribution in [0.2, 0.25) is 0 Å². The summed E-state index contributed by atoms with van der Waals surface area (Å²) in [7, 11) is 1.59. The molecule has 1 atom stereocenters. The lowest BCUT2D eigenvalue weighted by Crippen LogP contribution is -2.30. The third-order valence-electron chi connectivity index (χ3n) is 4.04. The van der Waals surface area contributed by atoms with Crippen LogP contribution in [0.3, 0.4) is 0 Å². The normalized spacial score (nSPS) is 12.1. The zero-order valence-corrected chi connectivity index (χ0v) is 13.6. The van der Waals surface area contributed by atoms with Crippen LogP contribution in [0.1, 0.15) is 27.7 Å². The van der Waals surface area contributed by atoms with Crippen molar-refractivity contribution in [3.8, 4) is 5.75 Å². The van der Waals surface area contributed by atoms with Crippen molar-refractivity contribution in [2.45, 2.75) is 13.0 Å². The number of carbonyl (C=O) groups excluding carboxylic acids is 1. The van der Waals surface area contributed by atoms with Crippen LogP contribution in [0.25, 0.3) is 11.0 Å². The minimum absolute atomic E-state index is 0.192. The Bertz CT molecular complexity index is 854. The fourth-order valence-corrected chi connectivity index (χ4v) is 2.69. The van der Waals surface area contributed by atoms with Crippen LogP contribution in [0.5, 0.6) is 5.75 Å². The molecule has 1 amide bonds. The van der Waals surface area contributed by atoms with Crippen LogP contribution in [0.15, 0.2) is 52.9 Å². The Morgan fingerprint density at radius 3 is 2.67 bits per heavy atom. The number of fused-ring (bicyclic) bond motifs is 1. The molecular formula is C19H19NO4. The van der Waals surface area contributed by atoms with E-state index in [4.69, 9.17) is 9.15 Å². The average Bonchev–Trinajstić information content (AvgIpc) is 2.96. The first-order chi connectivity index (χ1) is 11.6. The molecule has 1 unspecified atom stereocenters. The zero-order chi connectivity index (χ0) is 17.1. The third kappa shape index (κ3) is 2.98. The van der Waals surface area contributed by atoms with Gasteiger partial charge in [-0.05, 0) is 30.7 Å². The van der Waals surface area contributed by atoms with E-state index in [9.17, 15) is 9.90 Å². The molecule has 2 aromatic carbocycles. The SMILES string of the molecule is COc1ccc2oc(C(=O)NC(CO)c3ccccc3)c(C)c2c1. The average molecular weight is 325 g/mol. The second-order valence-electron chi connectivity index (χ2n) is 5.54. The highest BCUT2D eigenvalue weighted by molar-refractivity contribution is 5.99. The largest absolute Gasteiger partial charge is 0.497 e. The van der Waals surface area contributed by atoms with E-state index in [1.54, 1.807) is 19.2 Å². The summed E-state index contributed by atoms with van der Waals surface area (Å²) in [5, 5.41) is 13.2. The Morgan fingerprint density at radius 2 is 2.00 bits per heavy atom. The Morgan fingerprint density at radius 1 is 1.25 bits per heavy atom. The number of methoxy groups -OCH3 is 1. The van der Waals surface area contributed by atoms with Crippen molar-refractivity contribution in [2.24, 2.45) is 0 Å². The first kappa shape index (κ1) is 16.1. The van der Waals surface area contributed by atoms with Crippen molar-refractivity contribution in [1.29, 1.82) is 0 Å². The number of rotatable bonds is 5. The number of carbonyl (C=O) groups is 1. The molecule has 0 aliphatic carbocycles. The van der Waals surface area contributed by atoms with Gasteiger partial charge in [-0.1, -0.05) is 30.3 Å². The molecule has 3 rings (SSSR count). The zero-order valence-electron chi connectivity index (χ0n) is 13.6. The number of benzene rings is 2. The molecule has 5 nitrogen and oxygen atoms in total. The Hall–Kier alpha value is -2.79. The molecule has 0 saturated carbocycles. The van der Waals surface area contributed by atoms with Gasteiger partial charge in [-0.2, -0.15) is 0 Å². The highest BCUT2D eigenvalue weighted by Crippen LogP contribution is 2.29. The van der Waals surface area contributed by atoms with E-state index in [1.165, 1.54) is 0 Å². The van der Waals surface area contributed by atoms with Crippen LogP contribution >= 0.6 is 0 Å². The molecule has 0 fully saturated rings. The molecule has 3 aromatic rings. The van der Waals surface area contributed by atoms with Gasteiger partial charge in [-0.3, -0.25) is 4.79 Å². The molecule has 0 bridgehead atoms. The quantitative estimate of drug-likeness (QED) is 0.755. The molecule has 5 heteroatoms. The fourth-order valence-electron chi connectivity index (χ4n) is 2.69. The van der Waals surface area contributed by atoms with E-state index in [-0.39, 0.29) is 18.3 Å². The van der Waals surface area contributed by atoms with Crippen LogP contribution in [-0.4, -0.2) is 24.7 Å². The molecule has 1 aromatic heterocycles. The number of hydrogen-bond acceptors (Lipinski definition) is 4. The molecule has 0 saturated heterocycles. The van der Waals surface area contributed by atoms with Gasteiger partial charge in [-0.15, -0.1) is 0 Å². The number of aliphatic hydroxyl groups excluding tert-OH is 1. The molecule has 0 aliphatic rings. The number of nitrogens with one attached hydrogen (secondary N) is 1.